The van der Waals surface area contributed by atoms with E-state index in [-0.39, 0.29) is 16.9 Å². The van der Waals surface area contributed by atoms with Crippen molar-refractivity contribution in [3.05, 3.63) is 11.6 Å². The zero-order valence-corrected chi connectivity index (χ0v) is 19.4. The van der Waals surface area contributed by atoms with Gasteiger partial charge in [-0.05, 0) is 68.1 Å². The monoisotopic (exact) mass is 464 g/mol. The van der Waals surface area contributed by atoms with Gasteiger partial charge in [0.1, 0.15) is 24.1 Å². The predicted molar refractivity (Wildman–Crippen MR) is 116 cm³/mol. The minimum absolute atomic E-state index is 0.0566. The van der Waals surface area contributed by atoms with Crippen molar-refractivity contribution in [2.75, 3.05) is 0 Å². The van der Waals surface area contributed by atoms with Gasteiger partial charge in [-0.1, -0.05) is 25.5 Å². The van der Waals surface area contributed by atoms with Crippen LogP contribution in [0.25, 0.3) is 0 Å². The molecule has 4 N–H and O–H groups in total. The van der Waals surface area contributed by atoms with E-state index >= 15 is 0 Å². The van der Waals surface area contributed by atoms with E-state index in [0.29, 0.717) is 30.0 Å². The molecule has 1 aliphatic heterocycles. The normalized spacial score (nSPS) is 51.8. The van der Waals surface area contributed by atoms with E-state index in [1.54, 1.807) is 0 Å². The Kier molecular flexibility index (Phi) is 5.77. The summed E-state index contributed by atoms with van der Waals surface area (Å²) >= 11 is 0. The van der Waals surface area contributed by atoms with E-state index in [2.05, 4.69) is 19.9 Å². The van der Waals surface area contributed by atoms with Crippen LogP contribution in [0.15, 0.2) is 11.6 Å². The lowest BCUT2D eigenvalue weighted by atomic mass is 9.48. The third-order valence-electron chi connectivity index (χ3n) is 9.91. The second-order valence-corrected chi connectivity index (χ2v) is 11.4. The lowest BCUT2D eigenvalue weighted by Crippen LogP contribution is -2.61. The van der Waals surface area contributed by atoms with Crippen LogP contribution < -0.4 is 0 Å². The average Bonchev–Trinajstić information content (AvgIpc) is 3.08. The Morgan fingerprint density at radius 1 is 1.03 bits per heavy atom. The number of aliphatic hydroxyl groups excluding tert-OH is 3. The first-order chi connectivity index (χ1) is 15.6. The summed E-state index contributed by atoms with van der Waals surface area (Å²) in [6.07, 6.45) is 1.28. The van der Waals surface area contributed by atoms with Crippen LogP contribution in [0.4, 0.5) is 0 Å². The maximum atomic E-state index is 12.6. The molecule has 11 atom stereocenters. The first-order valence-corrected chi connectivity index (χ1v) is 12.4. The summed E-state index contributed by atoms with van der Waals surface area (Å²) in [5.41, 5.74) is 1.25. The molecule has 8 heteroatoms. The van der Waals surface area contributed by atoms with Gasteiger partial charge in [-0.3, -0.25) is 4.79 Å². The predicted octanol–water partition coefficient (Wildman–Crippen LogP) is 1.80. The second-order valence-electron chi connectivity index (χ2n) is 11.4. The van der Waals surface area contributed by atoms with Crippen LogP contribution in [-0.2, 0) is 19.1 Å². The smallest absolute Gasteiger partial charge is 0.335 e. The van der Waals surface area contributed by atoms with E-state index in [4.69, 9.17) is 9.47 Å². The van der Waals surface area contributed by atoms with Crippen molar-refractivity contribution in [2.24, 2.45) is 28.6 Å². The highest BCUT2D eigenvalue weighted by atomic mass is 16.7. The Labute approximate surface area is 194 Å². The number of carboxylic acid groups (broad SMARTS) is 1. The van der Waals surface area contributed by atoms with Gasteiger partial charge in [0.25, 0.3) is 0 Å². The van der Waals surface area contributed by atoms with Crippen LogP contribution >= 0.6 is 0 Å². The largest absolute Gasteiger partial charge is 0.479 e. The SMILES string of the molecule is C[C@]12CC[C@H](OC3O[C@H](C(=O)O)[C@@H](O)[C@H](O)[C@H]3O)CC1=CC[C@@H]1[C@@H]2CC[C@]2(C)C(=O)CC[C@@H]12. The molecule has 0 amide bonds. The number of rotatable bonds is 3. The van der Waals surface area contributed by atoms with Crippen LogP contribution in [0.5, 0.6) is 0 Å². The van der Waals surface area contributed by atoms with Crippen LogP contribution in [0.1, 0.15) is 65.2 Å². The highest BCUT2D eigenvalue weighted by molar-refractivity contribution is 5.87. The molecule has 184 valence electrons. The van der Waals surface area contributed by atoms with Gasteiger partial charge in [0, 0.05) is 11.8 Å². The Balaban J connectivity index is 1.30. The summed E-state index contributed by atoms with van der Waals surface area (Å²) in [6.45, 7) is 4.53. The van der Waals surface area contributed by atoms with Crippen LogP contribution in [0, 0.1) is 28.6 Å². The number of ketones is 1. The molecule has 0 spiro atoms. The summed E-state index contributed by atoms with van der Waals surface area (Å²) in [7, 11) is 0. The summed E-state index contributed by atoms with van der Waals surface area (Å²) in [6, 6.07) is 0. The molecular formula is C25H36O8. The number of fused-ring (bicyclic) bond motifs is 5. The first-order valence-electron chi connectivity index (χ1n) is 12.4. The molecule has 4 aliphatic carbocycles. The topological polar surface area (TPSA) is 134 Å². The van der Waals surface area contributed by atoms with Gasteiger partial charge in [0.15, 0.2) is 12.4 Å². The fourth-order valence-electron chi connectivity index (χ4n) is 7.87. The van der Waals surface area contributed by atoms with Gasteiger partial charge >= 0.3 is 5.97 Å². The minimum atomic E-state index is -1.72. The number of hydrogen-bond donors (Lipinski definition) is 4. The second kappa shape index (κ2) is 8.12. The quantitative estimate of drug-likeness (QED) is 0.465. The highest BCUT2D eigenvalue weighted by Gasteiger charge is 2.59. The molecule has 8 nitrogen and oxygen atoms in total. The molecule has 5 aliphatic rings. The van der Waals surface area contributed by atoms with E-state index in [1.807, 2.05) is 0 Å². The van der Waals surface area contributed by atoms with Crippen molar-refractivity contribution in [1.29, 1.82) is 0 Å². The van der Waals surface area contributed by atoms with Crippen molar-refractivity contribution in [1.82, 2.24) is 0 Å². The zero-order valence-electron chi connectivity index (χ0n) is 19.4. The van der Waals surface area contributed by atoms with Crippen molar-refractivity contribution in [3.63, 3.8) is 0 Å². The molecular weight excluding hydrogens is 428 g/mol. The highest BCUT2D eigenvalue weighted by Crippen LogP contribution is 2.64. The van der Waals surface area contributed by atoms with Crippen LogP contribution in [-0.4, -0.2) is 69.0 Å². The maximum absolute atomic E-state index is 12.6. The molecule has 0 radical (unpaired) electrons. The van der Waals surface area contributed by atoms with E-state index in [9.17, 15) is 30.0 Å². The number of hydrogen-bond acceptors (Lipinski definition) is 7. The van der Waals surface area contributed by atoms with E-state index in [1.165, 1.54) is 5.57 Å². The molecule has 1 heterocycles. The van der Waals surface area contributed by atoms with Crippen molar-refractivity contribution in [3.8, 4) is 0 Å². The average molecular weight is 465 g/mol. The fraction of sp³-hybridized carbons (Fsp3) is 0.840. The van der Waals surface area contributed by atoms with Gasteiger partial charge in [0.05, 0.1) is 6.10 Å². The number of carbonyl (C=O) groups excluding carboxylic acids is 1. The summed E-state index contributed by atoms with van der Waals surface area (Å²) in [5, 5.41) is 39.6. The lowest BCUT2D eigenvalue weighted by molar-refractivity contribution is -0.306. The number of aliphatic carboxylic acids is 1. The standard InChI is InChI=1S/C25H36O8/c1-24-9-7-13(32-23-20(29)18(27)19(28)21(33-23)22(30)31)11-12(24)3-4-14-15-5-6-17(26)25(15,2)10-8-16(14)24/h3,13-16,18-21,23,27-29H,4-11H2,1-2H3,(H,30,31)/t13-,14-,15-,16-,18-,19-,20+,21-,23?,24-,25-/m0/s1. The number of carboxylic acids is 1. The van der Waals surface area contributed by atoms with Crippen molar-refractivity contribution >= 4 is 11.8 Å². The Bertz CT molecular complexity index is 855. The summed E-state index contributed by atoms with van der Waals surface area (Å²) < 4.78 is 11.3. The third kappa shape index (κ3) is 3.52. The van der Waals surface area contributed by atoms with Crippen molar-refractivity contribution in [2.45, 2.75) is 102 Å². The molecule has 0 aromatic heterocycles. The van der Waals surface area contributed by atoms with Crippen LogP contribution in [0.3, 0.4) is 0 Å². The number of ether oxygens (including phenoxy) is 2. The molecule has 0 aromatic rings. The summed E-state index contributed by atoms with van der Waals surface area (Å²) in [5.74, 6) is 0.596. The van der Waals surface area contributed by atoms with Gasteiger partial charge in [-0.2, -0.15) is 0 Å². The fourth-order valence-corrected chi connectivity index (χ4v) is 7.87. The number of aliphatic hydroxyl groups is 3. The molecule has 5 rings (SSSR count). The number of Topliss-reactive ketones (excluding diaryl/α,β-unsaturated/α-hetero) is 1. The minimum Gasteiger partial charge on any atom is -0.479 e. The van der Waals surface area contributed by atoms with Gasteiger partial charge in [-0.25, -0.2) is 4.79 Å². The Morgan fingerprint density at radius 2 is 1.73 bits per heavy atom. The molecule has 0 aromatic carbocycles. The molecule has 1 saturated heterocycles. The Hall–Kier alpha value is -1.32. The zero-order chi connectivity index (χ0) is 23.7. The Morgan fingerprint density at radius 3 is 2.45 bits per heavy atom. The molecule has 33 heavy (non-hydrogen) atoms. The van der Waals surface area contributed by atoms with Crippen molar-refractivity contribution < 1.29 is 39.5 Å². The van der Waals surface area contributed by atoms with Gasteiger partial charge < -0.3 is 29.9 Å². The maximum Gasteiger partial charge on any atom is 0.335 e. The molecule has 3 saturated carbocycles. The molecule has 4 fully saturated rings. The first kappa shape index (κ1) is 23.4. The van der Waals surface area contributed by atoms with Gasteiger partial charge in [0.2, 0.25) is 0 Å². The molecule has 1 unspecified atom stereocenters. The third-order valence-corrected chi connectivity index (χ3v) is 9.91. The van der Waals surface area contributed by atoms with E-state index in [0.717, 1.165) is 44.9 Å². The molecule has 0 bridgehead atoms. The number of carbonyl (C=O) groups is 2. The van der Waals surface area contributed by atoms with Gasteiger partial charge in [-0.15, -0.1) is 0 Å². The van der Waals surface area contributed by atoms with E-state index < -0.39 is 36.7 Å². The number of allylic oxidation sites excluding steroid dienone is 1. The van der Waals surface area contributed by atoms with Crippen LogP contribution in [0.2, 0.25) is 0 Å². The lowest BCUT2D eigenvalue weighted by Gasteiger charge is -2.57. The summed E-state index contributed by atoms with van der Waals surface area (Å²) in [4.78, 5) is 24.0.